The second kappa shape index (κ2) is 6.61. The molecule has 0 amide bonds. The number of hydrogen-bond donors (Lipinski definition) is 2. The number of likely N-dealkylation sites (N-methyl/N-ethyl adjacent to an activating group) is 1. The Morgan fingerprint density at radius 3 is 2.69 bits per heavy atom. The molecule has 0 radical (unpaired) electrons. The number of carbonyl (C=O) groups excluding carboxylic acids is 1. The van der Waals surface area contributed by atoms with E-state index < -0.39 is 6.10 Å². The standard InChI is InChI=1S/C9H15NO3/c1-4-8(10-3)5-13-6-9(12)7(2)11/h1,8-10,12H,5-6H2,2-3H3/t8-,9-/m0/s1. The van der Waals surface area contributed by atoms with Gasteiger partial charge >= 0.3 is 0 Å². The number of ketones is 1. The maximum absolute atomic E-state index is 10.6. The Labute approximate surface area is 78.3 Å². The molecule has 0 aliphatic heterocycles. The van der Waals surface area contributed by atoms with Gasteiger partial charge in [0.05, 0.1) is 19.3 Å². The highest BCUT2D eigenvalue weighted by Crippen LogP contribution is 1.89. The molecule has 4 heteroatoms. The van der Waals surface area contributed by atoms with Crippen LogP contribution in [0.25, 0.3) is 0 Å². The van der Waals surface area contributed by atoms with Gasteiger partial charge in [-0.25, -0.2) is 0 Å². The van der Waals surface area contributed by atoms with Crippen molar-refractivity contribution in [2.45, 2.75) is 19.1 Å². The molecular weight excluding hydrogens is 170 g/mol. The molecular formula is C9H15NO3. The molecule has 0 saturated heterocycles. The number of rotatable bonds is 6. The molecule has 0 rings (SSSR count). The van der Waals surface area contributed by atoms with E-state index in [1.807, 2.05) is 0 Å². The van der Waals surface area contributed by atoms with Crippen LogP contribution in [0.2, 0.25) is 0 Å². The van der Waals surface area contributed by atoms with Gasteiger partial charge < -0.3 is 15.2 Å². The zero-order chi connectivity index (χ0) is 10.3. The Kier molecular flexibility index (Phi) is 6.15. The highest BCUT2D eigenvalue weighted by Gasteiger charge is 2.10. The maximum Gasteiger partial charge on any atom is 0.160 e. The molecule has 2 atom stereocenters. The van der Waals surface area contributed by atoms with Gasteiger partial charge in [0.2, 0.25) is 0 Å². The summed E-state index contributed by atoms with van der Waals surface area (Å²) in [7, 11) is 1.72. The van der Waals surface area contributed by atoms with Gasteiger partial charge in [-0.1, -0.05) is 5.92 Å². The van der Waals surface area contributed by atoms with E-state index in [-0.39, 0.29) is 25.0 Å². The zero-order valence-corrected chi connectivity index (χ0v) is 7.91. The highest BCUT2D eigenvalue weighted by atomic mass is 16.5. The first-order chi connectivity index (χ1) is 6.11. The molecule has 0 aromatic heterocycles. The van der Waals surface area contributed by atoms with Gasteiger partial charge in [-0.15, -0.1) is 6.42 Å². The lowest BCUT2D eigenvalue weighted by atomic mass is 10.3. The predicted octanol–water partition coefficient (Wildman–Crippen LogP) is -0.826. The van der Waals surface area contributed by atoms with Crippen LogP contribution in [0.4, 0.5) is 0 Å². The third-order valence-corrected chi connectivity index (χ3v) is 1.58. The Hall–Kier alpha value is -0.890. The zero-order valence-electron chi connectivity index (χ0n) is 7.91. The largest absolute Gasteiger partial charge is 0.383 e. The number of carbonyl (C=O) groups is 1. The molecule has 0 heterocycles. The molecule has 0 aromatic rings. The molecule has 0 aliphatic rings. The third-order valence-electron chi connectivity index (χ3n) is 1.58. The predicted molar refractivity (Wildman–Crippen MR) is 49.2 cm³/mol. The third kappa shape index (κ3) is 5.36. The number of aliphatic hydroxyl groups excluding tert-OH is 1. The lowest BCUT2D eigenvalue weighted by molar-refractivity contribution is -0.128. The fraction of sp³-hybridized carbons (Fsp3) is 0.667. The molecule has 0 unspecified atom stereocenters. The van der Waals surface area contributed by atoms with Crippen LogP contribution < -0.4 is 5.32 Å². The minimum atomic E-state index is -1.05. The first-order valence-electron chi connectivity index (χ1n) is 4.01. The van der Waals surface area contributed by atoms with Crippen LogP contribution in [0.3, 0.4) is 0 Å². The van der Waals surface area contributed by atoms with Crippen molar-refractivity contribution >= 4 is 5.78 Å². The minimum absolute atomic E-state index is 0.00477. The summed E-state index contributed by atoms with van der Waals surface area (Å²) in [4.78, 5) is 10.6. The SMILES string of the molecule is C#C[C@@H](COC[C@H](O)C(C)=O)NC. The Morgan fingerprint density at radius 2 is 2.31 bits per heavy atom. The van der Waals surface area contributed by atoms with Crippen LogP contribution in [0.15, 0.2) is 0 Å². The number of aliphatic hydroxyl groups is 1. The Balaban J connectivity index is 3.56. The summed E-state index contributed by atoms with van der Waals surface area (Å²) in [6.07, 6.45) is 4.09. The molecule has 74 valence electrons. The van der Waals surface area contributed by atoms with Crippen molar-refractivity contribution in [2.75, 3.05) is 20.3 Å². The summed E-state index contributed by atoms with van der Waals surface area (Å²) in [5.41, 5.74) is 0. The van der Waals surface area contributed by atoms with E-state index in [4.69, 9.17) is 16.3 Å². The van der Waals surface area contributed by atoms with E-state index >= 15 is 0 Å². The van der Waals surface area contributed by atoms with Crippen LogP contribution >= 0.6 is 0 Å². The average Bonchev–Trinajstić information content (AvgIpc) is 2.12. The van der Waals surface area contributed by atoms with Gasteiger partial charge in [0, 0.05) is 0 Å². The van der Waals surface area contributed by atoms with Crippen molar-refractivity contribution in [3.8, 4) is 12.3 Å². The summed E-state index contributed by atoms with van der Waals surface area (Å²) in [5.74, 6) is 2.15. The average molecular weight is 185 g/mol. The van der Waals surface area contributed by atoms with Gasteiger partial charge in [-0.3, -0.25) is 4.79 Å². The first-order valence-corrected chi connectivity index (χ1v) is 4.01. The van der Waals surface area contributed by atoms with E-state index in [9.17, 15) is 4.79 Å². The maximum atomic E-state index is 10.6. The lowest BCUT2D eigenvalue weighted by Gasteiger charge is -2.11. The molecule has 2 N–H and O–H groups in total. The summed E-state index contributed by atoms with van der Waals surface area (Å²) < 4.78 is 5.02. The van der Waals surface area contributed by atoms with Gasteiger partial charge in [-0.2, -0.15) is 0 Å². The van der Waals surface area contributed by atoms with Crippen LogP contribution in [0.1, 0.15) is 6.92 Å². The summed E-state index contributed by atoms with van der Waals surface area (Å²) in [6, 6.07) is -0.181. The monoisotopic (exact) mass is 185 g/mol. The topological polar surface area (TPSA) is 58.6 Å². The molecule has 0 bridgehead atoms. The quantitative estimate of drug-likeness (QED) is 0.530. The van der Waals surface area contributed by atoms with E-state index in [2.05, 4.69) is 11.2 Å². The summed E-state index contributed by atoms with van der Waals surface area (Å²) in [6.45, 7) is 1.59. The summed E-state index contributed by atoms with van der Waals surface area (Å²) >= 11 is 0. The van der Waals surface area contributed by atoms with Gasteiger partial charge in [0.1, 0.15) is 6.10 Å². The van der Waals surface area contributed by atoms with Crippen LogP contribution in [-0.2, 0) is 9.53 Å². The normalized spacial score (nSPS) is 14.6. The van der Waals surface area contributed by atoms with Crippen LogP contribution in [0, 0.1) is 12.3 Å². The lowest BCUT2D eigenvalue weighted by Crippen LogP contribution is -2.31. The van der Waals surface area contributed by atoms with Gasteiger partial charge in [0.25, 0.3) is 0 Å². The fourth-order valence-electron chi connectivity index (χ4n) is 0.630. The molecule has 0 spiro atoms. The molecule has 0 aliphatic carbocycles. The second-order valence-corrected chi connectivity index (χ2v) is 2.67. The summed E-state index contributed by atoms with van der Waals surface area (Å²) in [5, 5.41) is 11.9. The van der Waals surface area contributed by atoms with Crippen LogP contribution in [-0.4, -0.2) is 43.3 Å². The van der Waals surface area contributed by atoms with Gasteiger partial charge in [0.15, 0.2) is 5.78 Å². The number of ether oxygens (including phenoxy) is 1. The molecule has 4 nitrogen and oxygen atoms in total. The minimum Gasteiger partial charge on any atom is -0.383 e. The number of terminal acetylenes is 1. The molecule has 13 heavy (non-hydrogen) atoms. The van der Waals surface area contributed by atoms with E-state index in [0.717, 1.165) is 0 Å². The fourth-order valence-corrected chi connectivity index (χ4v) is 0.630. The van der Waals surface area contributed by atoms with E-state index in [1.165, 1.54) is 6.92 Å². The van der Waals surface area contributed by atoms with Crippen molar-refractivity contribution in [2.24, 2.45) is 0 Å². The molecule has 0 aromatic carbocycles. The Morgan fingerprint density at radius 1 is 1.69 bits per heavy atom. The van der Waals surface area contributed by atoms with Crippen LogP contribution in [0.5, 0.6) is 0 Å². The van der Waals surface area contributed by atoms with Crippen molar-refractivity contribution in [3.63, 3.8) is 0 Å². The number of nitrogens with one attached hydrogen (secondary N) is 1. The highest BCUT2D eigenvalue weighted by molar-refractivity contribution is 5.80. The number of Topliss-reactive ketones (excluding diaryl/α,β-unsaturated/α-hetero) is 1. The first kappa shape index (κ1) is 12.1. The Bertz CT molecular complexity index is 198. The van der Waals surface area contributed by atoms with E-state index in [0.29, 0.717) is 0 Å². The molecule has 0 fully saturated rings. The van der Waals surface area contributed by atoms with Crippen molar-refractivity contribution in [3.05, 3.63) is 0 Å². The van der Waals surface area contributed by atoms with Crippen molar-refractivity contribution in [1.82, 2.24) is 5.32 Å². The van der Waals surface area contributed by atoms with Crippen molar-refractivity contribution < 1.29 is 14.6 Å². The smallest absolute Gasteiger partial charge is 0.160 e. The van der Waals surface area contributed by atoms with Crippen molar-refractivity contribution in [1.29, 1.82) is 0 Å². The van der Waals surface area contributed by atoms with Gasteiger partial charge in [-0.05, 0) is 14.0 Å². The number of hydrogen-bond acceptors (Lipinski definition) is 4. The van der Waals surface area contributed by atoms with E-state index in [1.54, 1.807) is 7.05 Å². The second-order valence-electron chi connectivity index (χ2n) is 2.67. The molecule has 0 saturated carbocycles.